The monoisotopic (exact) mass is 352 g/mol. The van der Waals surface area contributed by atoms with Gasteiger partial charge in [-0.25, -0.2) is 8.42 Å². The van der Waals surface area contributed by atoms with Crippen LogP contribution in [0.25, 0.3) is 0 Å². The molecule has 0 aliphatic rings. The fraction of sp³-hybridized carbons (Fsp3) is 0.615. The van der Waals surface area contributed by atoms with Crippen LogP contribution < -0.4 is 0 Å². The van der Waals surface area contributed by atoms with E-state index >= 15 is 0 Å². The lowest BCUT2D eigenvalue weighted by Crippen LogP contribution is -2.41. The lowest BCUT2D eigenvalue weighted by molar-refractivity contribution is -0.131. The van der Waals surface area contributed by atoms with E-state index in [0.717, 1.165) is 28.5 Å². The van der Waals surface area contributed by atoms with Crippen molar-refractivity contribution in [2.24, 2.45) is 0 Å². The van der Waals surface area contributed by atoms with Crippen LogP contribution in [0.3, 0.4) is 0 Å². The van der Waals surface area contributed by atoms with Crippen LogP contribution in [-0.2, 0) is 14.8 Å². The SMILES string of the molecule is CCCCN(CC)C(=O)CN(C)S(=O)(=O)c1ccc(Cl)s1. The van der Waals surface area contributed by atoms with Gasteiger partial charge in [0.15, 0.2) is 0 Å². The topological polar surface area (TPSA) is 57.7 Å². The molecular formula is C13H21ClN2O3S2. The summed E-state index contributed by atoms with van der Waals surface area (Å²) in [5, 5.41) is 0. The van der Waals surface area contributed by atoms with Gasteiger partial charge >= 0.3 is 0 Å². The Bertz CT molecular complexity index is 572. The number of carbonyl (C=O) groups is 1. The number of unbranched alkanes of at least 4 members (excludes halogenated alkanes) is 1. The second-order valence-electron chi connectivity index (χ2n) is 4.65. The van der Waals surface area contributed by atoms with Crippen molar-refractivity contribution >= 4 is 38.9 Å². The molecule has 120 valence electrons. The Kier molecular flexibility index (Phi) is 7.12. The second kappa shape index (κ2) is 8.12. The molecule has 0 aromatic carbocycles. The minimum atomic E-state index is -3.66. The molecule has 0 spiro atoms. The maximum atomic E-state index is 12.3. The van der Waals surface area contributed by atoms with Crippen LogP contribution in [0.15, 0.2) is 16.3 Å². The molecule has 0 unspecified atom stereocenters. The van der Waals surface area contributed by atoms with Crippen molar-refractivity contribution in [1.29, 1.82) is 0 Å². The summed E-state index contributed by atoms with van der Waals surface area (Å²) in [6.45, 7) is 5.02. The zero-order valence-corrected chi connectivity index (χ0v) is 14.9. The Labute approximate surface area is 135 Å². The minimum absolute atomic E-state index is 0.152. The molecule has 0 radical (unpaired) electrons. The van der Waals surface area contributed by atoms with E-state index in [1.807, 2.05) is 6.92 Å². The highest BCUT2D eigenvalue weighted by atomic mass is 35.5. The third-order valence-corrected chi connectivity index (χ3v) is 6.59. The van der Waals surface area contributed by atoms with Crippen LogP contribution in [0.5, 0.6) is 0 Å². The normalized spacial score (nSPS) is 11.9. The summed E-state index contributed by atoms with van der Waals surface area (Å²) in [7, 11) is -2.24. The zero-order chi connectivity index (χ0) is 16.0. The standard InChI is InChI=1S/C13H21ClN2O3S2/c1-4-6-9-16(5-2)12(17)10-15(3)21(18,19)13-8-7-11(14)20-13/h7-8H,4-6,9-10H2,1-3H3. The fourth-order valence-corrected chi connectivity index (χ4v) is 4.59. The average molecular weight is 353 g/mol. The summed E-state index contributed by atoms with van der Waals surface area (Å²) in [5.41, 5.74) is 0. The largest absolute Gasteiger partial charge is 0.342 e. The summed E-state index contributed by atoms with van der Waals surface area (Å²) < 4.78 is 26.3. The van der Waals surface area contributed by atoms with Crippen molar-refractivity contribution in [3.63, 3.8) is 0 Å². The lowest BCUT2D eigenvalue weighted by atomic mass is 10.3. The van der Waals surface area contributed by atoms with Gasteiger partial charge in [-0.05, 0) is 25.5 Å². The molecule has 21 heavy (non-hydrogen) atoms. The highest BCUT2D eigenvalue weighted by molar-refractivity contribution is 7.91. The van der Waals surface area contributed by atoms with Crippen LogP contribution >= 0.6 is 22.9 Å². The molecule has 0 saturated heterocycles. The molecule has 0 bridgehead atoms. The van der Waals surface area contributed by atoms with Gasteiger partial charge in [0.2, 0.25) is 5.91 Å². The maximum Gasteiger partial charge on any atom is 0.252 e. The van der Waals surface area contributed by atoms with E-state index in [0.29, 0.717) is 17.4 Å². The molecule has 1 rings (SSSR count). The quantitative estimate of drug-likeness (QED) is 0.722. The van der Waals surface area contributed by atoms with Crippen molar-refractivity contribution in [3.05, 3.63) is 16.5 Å². The highest BCUT2D eigenvalue weighted by Gasteiger charge is 2.26. The maximum absolute atomic E-state index is 12.3. The summed E-state index contributed by atoms with van der Waals surface area (Å²) in [6.07, 6.45) is 1.90. The number of hydrogen-bond acceptors (Lipinski definition) is 4. The van der Waals surface area contributed by atoms with Crippen molar-refractivity contribution in [2.75, 3.05) is 26.7 Å². The first-order chi connectivity index (χ1) is 9.82. The highest BCUT2D eigenvalue weighted by Crippen LogP contribution is 2.27. The first-order valence-electron chi connectivity index (χ1n) is 6.82. The van der Waals surface area contributed by atoms with Gasteiger partial charge < -0.3 is 4.90 Å². The Morgan fingerprint density at radius 2 is 2.00 bits per heavy atom. The van der Waals surface area contributed by atoms with Gasteiger partial charge in [0.25, 0.3) is 10.0 Å². The first kappa shape index (κ1) is 18.4. The third-order valence-electron chi connectivity index (χ3n) is 3.09. The molecule has 5 nitrogen and oxygen atoms in total. The average Bonchev–Trinajstić information content (AvgIpc) is 2.86. The van der Waals surface area contributed by atoms with E-state index in [9.17, 15) is 13.2 Å². The molecule has 1 amide bonds. The second-order valence-corrected chi connectivity index (χ2v) is 8.63. The van der Waals surface area contributed by atoms with Gasteiger partial charge in [-0.2, -0.15) is 4.31 Å². The summed E-state index contributed by atoms with van der Waals surface area (Å²) in [4.78, 5) is 13.8. The van der Waals surface area contributed by atoms with Crippen molar-refractivity contribution < 1.29 is 13.2 Å². The number of rotatable bonds is 8. The molecule has 1 heterocycles. The molecule has 0 fully saturated rings. The number of hydrogen-bond donors (Lipinski definition) is 0. The number of likely N-dealkylation sites (N-methyl/N-ethyl adjacent to an activating group) is 2. The Hall–Kier alpha value is -0.630. The number of nitrogens with zero attached hydrogens (tertiary/aromatic N) is 2. The van der Waals surface area contributed by atoms with E-state index in [2.05, 4.69) is 6.92 Å². The van der Waals surface area contributed by atoms with E-state index in [1.54, 1.807) is 4.90 Å². The number of thiophene rings is 1. The smallest absolute Gasteiger partial charge is 0.252 e. The van der Waals surface area contributed by atoms with Crippen LogP contribution in [0, 0.1) is 0 Å². The number of sulfonamides is 1. The Morgan fingerprint density at radius 3 is 2.48 bits per heavy atom. The minimum Gasteiger partial charge on any atom is -0.342 e. The molecule has 1 aromatic rings. The van der Waals surface area contributed by atoms with Gasteiger partial charge in [-0.3, -0.25) is 4.79 Å². The summed E-state index contributed by atoms with van der Waals surface area (Å²) >= 11 is 6.76. The van der Waals surface area contributed by atoms with E-state index < -0.39 is 10.0 Å². The lowest BCUT2D eigenvalue weighted by Gasteiger charge is -2.23. The molecule has 0 aliphatic carbocycles. The molecule has 1 aromatic heterocycles. The summed E-state index contributed by atoms with van der Waals surface area (Å²) in [6, 6.07) is 2.99. The van der Waals surface area contributed by atoms with Gasteiger partial charge in [-0.1, -0.05) is 24.9 Å². The molecule has 0 saturated carbocycles. The molecule has 0 atom stereocenters. The zero-order valence-electron chi connectivity index (χ0n) is 12.5. The van der Waals surface area contributed by atoms with E-state index in [1.165, 1.54) is 19.2 Å². The van der Waals surface area contributed by atoms with Gasteiger partial charge in [0, 0.05) is 20.1 Å². The predicted octanol–water partition coefficient (Wildman–Crippen LogP) is 2.67. The third kappa shape index (κ3) is 4.95. The van der Waals surface area contributed by atoms with Crippen molar-refractivity contribution in [3.8, 4) is 0 Å². The van der Waals surface area contributed by atoms with Gasteiger partial charge in [0.05, 0.1) is 10.9 Å². The molecular weight excluding hydrogens is 332 g/mol. The van der Waals surface area contributed by atoms with Crippen LogP contribution in [0.4, 0.5) is 0 Å². The molecule has 0 N–H and O–H groups in total. The van der Waals surface area contributed by atoms with Crippen molar-refractivity contribution in [1.82, 2.24) is 9.21 Å². The van der Waals surface area contributed by atoms with E-state index in [-0.39, 0.29) is 16.7 Å². The fourth-order valence-electron chi connectivity index (χ4n) is 1.77. The number of halogens is 1. The van der Waals surface area contributed by atoms with Crippen LogP contribution in [-0.4, -0.2) is 50.2 Å². The Balaban J connectivity index is 2.75. The predicted molar refractivity (Wildman–Crippen MR) is 86.3 cm³/mol. The first-order valence-corrected chi connectivity index (χ1v) is 9.45. The van der Waals surface area contributed by atoms with Gasteiger partial charge in [-0.15, -0.1) is 11.3 Å². The van der Waals surface area contributed by atoms with Gasteiger partial charge in [0.1, 0.15) is 4.21 Å². The Morgan fingerprint density at radius 1 is 1.33 bits per heavy atom. The molecule has 0 aliphatic heterocycles. The summed E-state index contributed by atoms with van der Waals surface area (Å²) in [5.74, 6) is -0.181. The molecule has 8 heteroatoms. The van der Waals surface area contributed by atoms with Crippen LogP contribution in [0.2, 0.25) is 4.34 Å². The number of amides is 1. The number of carbonyl (C=O) groups excluding carboxylic acids is 1. The van der Waals surface area contributed by atoms with Crippen molar-refractivity contribution in [2.45, 2.75) is 30.9 Å². The van der Waals surface area contributed by atoms with Crippen LogP contribution in [0.1, 0.15) is 26.7 Å². The van der Waals surface area contributed by atoms with E-state index in [4.69, 9.17) is 11.6 Å².